The van der Waals surface area contributed by atoms with Crippen LogP contribution in [0, 0.1) is 23.8 Å². The average molecular weight is 322 g/mol. The Morgan fingerprint density at radius 3 is 3.12 bits per heavy atom. The van der Waals surface area contributed by atoms with E-state index in [2.05, 4.69) is 21.0 Å². The quantitative estimate of drug-likeness (QED) is 0.645. The third-order valence-electron chi connectivity index (χ3n) is 4.36. The fourth-order valence-corrected chi connectivity index (χ4v) is 3.03. The van der Waals surface area contributed by atoms with Gasteiger partial charge < -0.3 is 9.88 Å². The summed E-state index contributed by atoms with van der Waals surface area (Å²) in [5.74, 6) is 0.641. The zero-order valence-electron chi connectivity index (χ0n) is 13.3. The number of carbonyl (C=O) groups is 1. The van der Waals surface area contributed by atoms with Crippen molar-refractivity contribution in [2.45, 2.75) is 31.7 Å². The van der Waals surface area contributed by atoms with Crippen LogP contribution in [0.25, 0.3) is 11.0 Å². The number of carbonyl (C=O) groups excluding carboxylic acids is 1. The highest BCUT2D eigenvalue weighted by molar-refractivity contribution is 5.88. The van der Waals surface area contributed by atoms with E-state index in [1.165, 1.54) is 6.33 Å². The van der Waals surface area contributed by atoms with Crippen molar-refractivity contribution in [1.82, 2.24) is 19.9 Å². The molecule has 7 nitrogen and oxygen atoms in total. The summed E-state index contributed by atoms with van der Waals surface area (Å²) in [6.45, 7) is 1.41. The number of rotatable bonds is 6. The Morgan fingerprint density at radius 2 is 2.42 bits per heavy atom. The smallest absolute Gasteiger partial charge is 0.237 e. The first kappa shape index (κ1) is 15.8. The van der Waals surface area contributed by atoms with Gasteiger partial charge in [-0.15, -0.1) is 0 Å². The van der Waals surface area contributed by atoms with E-state index < -0.39 is 0 Å². The SMILES string of the molecule is C#CN(CCCC1CCN1C(=O)CC#N)c1ncnc2[nH]ccc12. The predicted molar refractivity (Wildman–Crippen MR) is 89.6 cm³/mol. The van der Waals surface area contributed by atoms with Gasteiger partial charge in [0.25, 0.3) is 0 Å². The van der Waals surface area contributed by atoms with Gasteiger partial charge in [-0.3, -0.25) is 9.69 Å². The Labute approximate surface area is 140 Å². The zero-order valence-corrected chi connectivity index (χ0v) is 13.3. The second kappa shape index (κ2) is 7.01. The molecule has 1 amide bonds. The number of nitrogens with zero attached hydrogens (tertiary/aromatic N) is 5. The van der Waals surface area contributed by atoms with E-state index in [-0.39, 0.29) is 18.4 Å². The number of nitriles is 1. The number of likely N-dealkylation sites (tertiary alicyclic amines) is 1. The third-order valence-corrected chi connectivity index (χ3v) is 4.36. The van der Waals surface area contributed by atoms with Crippen LogP contribution in [0.4, 0.5) is 5.82 Å². The number of aromatic amines is 1. The molecule has 2 aromatic rings. The normalized spacial score (nSPS) is 16.2. The predicted octanol–water partition coefficient (Wildman–Crippen LogP) is 1.65. The van der Waals surface area contributed by atoms with Crippen LogP contribution in [0.2, 0.25) is 0 Å². The van der Waals surface area contributed by atoms with Gasteiger partial charge in [-0.1, -0.05) is 6.42 Å². The van der Waals surface area contributed by atoms with Crippen molar-refractivity contribution < 1.29 is 4.79 Å². The molecule has 0 spiro atoms. The lowest BCUT2D eigenvalue weighted by molar-refractivity contribution is -0.137. The van der Waals surface area contributed by atoms with E-state index in [1.54, 1.807) is 9.80 Å². The molecule has 1 aliphatic rings. The Balaban J connectivity index is 1.58. The molecule has 2 aromatic heterocycles. The number of terminal acetylenes is 1. The van der Waals surface area contributed by atoms with E-state index in [0.29, 0.717) is 6.54 Å². The summed E-state index contributed by atoms with van der Waals surface area (Å²) in [7, 11) is 0. The minimum atomic E-state index is -0.0765. The van der Waals surface area contributed by atoms with Crippen molar-refractivity contribution in [2.75, 3.05) is 18.0 Å². The molecule has 1 N–H and O–H groups in total. The van der Waals surface area contributed by atoms with Gasteiger partial charge in [0.05, 0.1) is 11.5 Å². The molecule has 3 rings (SSSR count). The van der Waals surface area contributed by atoms with Crippen LogP contribution in [0.5, 0.6) is 0 Å². The lowest BCUT2D eigenvalue weighted by Gasteiger charge is -2.41. The van der Waals surface area contributed by atoms with Gasteiger partial charge in [-0.2, -0.15) is 5.26 Å². The molecule has 1 saturated heterocycles. The molecule has 0 aliphatic carbocycles. The highest BCUT2D eigenvalue weighted by atomic mass is 16.2. The van der Waals surface area contributed by atoms with Gasteiger partial charge in [0.15, 0.2) is 5.82 Å². The number of aromatic nitrogens is 3. The maximum atomic E-state index is 11.8. The fraction of sp³-hybridized carbons (Fsp3) is 0.412. The summed E-state index contributed by atoms with van der Waals surface area (Å²) in [6.07, 6.45) is 11.6. The van der Waals surface area contributed by atoms with Crippen molar-refractivity contribution in [3.63, 3.8) is 0 Å². The van der Waals surface area contributed by atoms with Gasteiger partial charge >= 0.3 is 0 Å². The van der Waals surface area contributed by atoms with Gasteiger partial charge in [0, 0.05) is 31.4 Å². The summed E-state index contributed by atoms with van der Waals surface area (Å²) in [6, 6.07) is 6.71. The number of anilines is 1. The molecule has 1 fully saturated rings. The summed E-state index contributed by atoms with van der Waals surface area (Å²) in [4.78, 5) is 26.8. The summed E-state index contributed by atoms with van der Waals surface area (Å²) in [5.41, 5.74) is 0.757. The zero-order chi connectivity index (χ0) is 16.9. The number of hydrogen-bond acceptors (Lipinski definition) is 5. The Morgan fingerprint density at radius 1 is 1.54 bits per heavy atom. The van der Waals surface area contributed by atoms with Crippen LogP contribution in [-0.4, -0.2) is 44.9 Å². The van der Waals surface area contributed by atoms with Crippen molar-refractivity contribution in [3.05, 3.63) is 18.6 Å². The van der Waals surface area contributed by atoms with E-state index in [4.69, 9.17) is 11.7 Å². The van der Waals surface area contributed by atoms with Crippen molar-refractivity contribution in [2.24, 2.45) is 0 Å². The van der Waals surface area contributed by atoms with Gasteiger partial charge in [-0.25, -0.2) is 9.97 Å². The third kappa shape index (κ3) is 3.02. The second-order valence-corrected chi connectivity index (χ2v) is 5.72. The lowest BCUT2D eigenvalue weighted by atomic mass is 9.97. The molecular weight excluding hydrogens is 304 g/mol. The first-order chi connectivity index (χ1) is 11.7. The van der Waals surface area contributed by atoms with Gasteiger partial charge in [-0.05, 0) is 25.3 Å². The van der Waals surface area contributed by atoms with Crippen molar-refractivity contribution in [1.29, 1.82) is 5.26 Å². The Bertz CT molecular complexity index is 814. The largest absolute Gasteiger partial charge is 0.346 e. The van der Waals surface area contributed by atoms with Crippen LogP contribution in [-0.2, 0) is 4.79 Å². The standard InChI is InChI=1S/C17H18N6O/c1-2-22(17-14-6-9-19-16(14)20-12-21-17)10-3-4-13-7-11-23(13)15(24)5-8-18/h1,6,9,12-13H,3-5,7,10-11H2,(H,19,20,21). The van der Waals surface area contributed by atoms with E-state index in [9.17, 15) is 4.79 Å². The van der Waals surface area contributed by atoms with Gasteiger partial charge in [0.1, 0.15) is 18.4 Å². The van der Waals surface area contributed by atoms with E-state index in [1.807, 2.05) is 18.3 Å². The topological polar surface area (TPSA) is 88.9 Å². The first-order valence-electron chi connectivity index (χ1n) is 7.93. The Kier molecular flexibility index (Phi) is 4.62. The highest BCUT2D eigenvalue weighted by Gasteiger charge is 2.31. The molecule has 1 atom stereocenters. The Hall–Kier alpha value is -3.06. The molecule has 0 aromatic carbocycles. The van der Waals surface area contributed by atoms with E-state index >= 15 is 0 Å². The molecule has 3 heterocycles. The molecule has 7 heteroatoms. The molecule has 1 aliphatic heterocycles. The molecule has 0 radical (unpaired) electrons. The number of fused-ring (bicyclic) bond motifs is 1. The molecule has 0 saturated carbocycles. The maximum Gasteiger partial charge on any atom is 0.237 e. The fourth-order valence-electron chi connectivity index (χ4n) is 3.03. The molecule has 24 heavy (non-hydrogen) atoms. The number of nitrogens with one attached hydrogen (secondary N) is 1. The minimum Gasteiger partial charge on any atom is -0.346 e. The average Bonchev–Trinajstić information content (AvgIpc) is 3.03. The van der Waals surface area contributed by atoms with Crippen LogP contribution >= 0.6 is 0 Å². The van der Waals surface area contributed by atoms with E-state index in [0.717, 1.165) is 42.7 Å². The lowest BCUT2D eigenvalue weighted by Crippen LogP contribution is -2.51. The van der Waals surface area contributed by atoms with Crippen molar-refractivity contribution >= 4 is 22.8 Å². The molecular formula is C17H18N6O. The van der Waals surface area contributed by atoms with Crippen molar-refractivity contribution in [3.8, 4) is 18.5 Å². The monoisotopic (exact) mass is 322 g/mol. The summed E-state index contributed by atoms with van der Waals surface area (Å²) >= 11 is 0. The first-order valence-corrected chi connectivity index (χ1v) is 7.93. The highest BCUT2D eigenvalue weighted by Crippen LogP contribution is 2.25. The summed E-state index contributed by atoms with van der Waals surface area (Å²) in [5, 5.41) is 9.52. The summed E-state index contributed by atoms with van der Waals surface area (Å²) < 4.78 is 0. The van der Waals surface area contributed by atoms with Crippen LogP contribution in [0.3, 0.4) is 0 Å². The van der Waals surface area contributed by atoms with Crippen LogP contribution in [0.1, 0.15) is 25.7 Å². The van der Waals surface area contributed by atoms with Crippen LogP contribution in [0.15, 0.2) is 18.6 Å². The number of amides is 1. The number of hydrogen-bond donors (Lipinski definition) is 1. The second-order valence-electron chi connectivity index (χ2n) is 5.72. The molecule has 1 unspecified atom stereocenters. The van der Waals surface area contributed by atoms with Gasteiger partial charge in [0.2, 0.25) is 5.91 Å². The molecule has 0 bridgehead atoms. The maximum absolute atomic E-state index is 11.8. The molecule has 122 valence electrons. The number of H-pyrrole nitrogens is 1. The minimum absolute atomic E-state index is 0.0423. The van der Waals surface area contributed by atoms with Crippen LogP contribution < -0.4 is 4.90 Å².